The molecule has 2 nitrogen and oxygen atoms in total. The second kappa shape index (κ2) is 3.50. The first-order chi connectivity index (χ1) is 6.31. The summed E-state index contributed by atoms with van der Waals surface area (Å²) in [6.45, 7) is 2.69. The maximum atomic E-state index is 11.4. The third-order valence-electron chi connectivity index (χ3n) is 2.17. The van der Waals surface area contributed by atoms with E-state index in [2.05, 4.69) is 0 Å². The van der Waals surface area contributed by atoms with Crippen LogP contribution in [0.2, 0.25) is 0 Å². The molecule has 1 aromatic rings. The number of carbonyl (C=O) groups excluding carboxylic acids is 1. The van der Waals surface area contributed by atoms with Gasteiger partial charge in [-0.2, -0.15) is 0 Å². The van der Waals surface area contributed by atoms with Gasteiger partial charge in [0.15, 0.2) is 5.78 Å². The third-order valence-corrected chi connectivity index (χ3v) is 3.39. The van der Waals surface area contributed by atoms with Crippen LogP contribution in [0.4, 0.5) is 0 Å². The van der Waals surface area contributed by atoms with Gasteiger partial charge in [0.05, 0.1) is 11.5 Å². The van der Waals surface area contributed by atoms with Crippen LogP contribution in [0.5, 0.6) is 5.75 Å². The predicted molar refractivity (Wildman–Crippen MR) is 52.8 cm³/mol. The van der Waals surface area contributed by atoms with Crippen LogP contribution in [0, 0.1) is 0 Å². The number of Topliss-reactive ketones (excluding diaryl/α,β-unsaturated/α-hetero) is 1. The number of fused-ring (bicyclic) bond motifs is 1. The average molecular weight is 196 g/mol. The van der Waals surface area contributed by atoms with E-state index in [1.54, 1.807) is 11.3 Å². The van der Waals surface area contributed by atoms with Gasteiger partial charge in [-0.05, 0) is 12.8 Å². The molecule has 0 unspecified atom stereocenters. The van der Waals surface area contributed by atoms with Gasteiger partial charge in [0.2, 0.25) is 0 Å². The molecule has 0 N–H and O–H groups in total. The highest BCUT2D eigenvalue weighted by molar-refractivity contribution is 7.14. The number of ketones is 1. The molecule has 0 atom stereocenters. The molecule has 0 aromatic carbocycles. The number of rotatable bonds is 2. The van der Waals surface area contributed by atoms with Gasteiger partial charge in [0.1, 0.15) is 5.75 Å². The highest BCUT2D eigenvalue weighted by Gasteiger charge is 2.17. The number of carbonyl (C=O) groups is 1. The van der Waals surface area contributed by atoms with Crippen LogP contribution in [0.3, 0.4) is 0 Å². The molecule has 1 aliphatic rings. The topological polar surface area (TPSA) is 26.3 Å². The van der Waals surface area contributed by atoms with E-state index in [1.165, 1.54) is 4.88 Å². The maximum absolute atomic E-state index is 11.4. The molecule has 0 saturated heterocycles. The minimum atomic E-state index is 0.225. The van der Waals surface area contributed by atoms with Crippen LogP contribution in [0.15, 0.2) is 6.07 Å². The summed E-state index contributed by atoms with van der Waals surface area (Å²) in [5.41, 5.74) is 0. The number of aryl methyl sites for hydroxylation is 1. The first kappa shape index (κ1) is 8.75. The quantitative estimate of drug-likeness (QED) is 0.680. The van der Waals surface area contributed by atoms with Crippen molar-refractivity contribution in [3.63, 3.8) is 0 Å². The number of ether oxygens (including phenoxy) is 1. The number of hydrogen-bond acceptors (Lipinski definition) is 3. The Morgan fingerprint density at radius 2 is 2.54 bits per heavy atom. The van der Waals surface area contributed by atoms with Crippen molar-refractivity contribution in [2.45, 2.75) is 26.2 Å². The molecule has 1 aromatic heterocycles. The lowest BCUT2D eigenvalue weighted by Gasteiger charge is -2.11. The molecule has 3 heteroatoms. The smallest absolute Gasteiger partial charge is 0.172 e. The highest BCUT2D eigenvalue weighted by atomic mass is 32.1. The van der Waals surface area contributed by atoms with Crippen molar-refractivity contribution in [2.75, 3.05) is 6.61 Å². The maximum Gasteiger partial charge on any atom is 0.172 e. The molecule has 0 fully saturated rings. The zero-order valence-corrected chi connectivity index (χ0v) is 8.45. The van der Waals surface area contributed by atoms with Gasteiger partial charge in [0, 0.05) is 17.4 Å². The van der Waals surface area contributed by atoms with Gasteiger partial charge in [-0.3, -0.25) is 4.79 Å². The largest absolute Gasteiger partial charge is 0.492 e. The van der Waals surface area contributed by atoms with Crippen molar-refractivity contribution in [1.29, 1.82) is 0 Å². The van der Waals surface area contributed by atoms with E-state index >= 15 is 0 Å². The first-order valence-electron chi connectivity index (χ1n) is 4.60. The van der Waals surface area contributed by atoms with Crippen molar-refractivity contribution < 1.29 is 9.53 Å². The Bertz CT molecular complexity index is 304. The summed E-state index contributed by atoms with van der Waals surface area (Å²) < 4.78 is 5.46. The Kier molecular flexibility index (Phi) is 2.36. The van der Waals surface area contributed by atoms with Gasteiger partial charge >= 0.3 is 0 Å². The lowest BCUT2D eigenvalue weighted by Crippen LogP contribution is -2.04. The van der Waals surface area contributed by atoms with Gasteiger partial charge in [-0.1, -0.05) is 6.92 Å². The summed E-state index contributed by atoms with van der Waals surface area (Å²) in [6, 6.07) is 1.89. The summed E-state index contributed by atoms with van der Waals surface area (Å²) in [5, 5.41) is 0. The molecule has 0 saturated carbocycles. The van der Waals surface area contributed by atoms with Crippen molar-refractivity contribution in [1.82, 2.24) is 0 Å². The normalized spacial score (nSPS) is 14.8. The second-order valence-electron chi connectivity index (χ2n) is 3.13. The summed E-state index contributed by atoms with van der Waals surface area (Å²) in [4.78, 5) is 13.5. The highest BCUT2D eigenvalue weighted by Crippen LogP contribution is 2.33. The molecule has 0 bridgehead atoms. The number of hydrogen-bond donors (Lipinski definition) is 0. The van der Waals surface area contributed by atoms with Gasteiger partial charge in [-0.25, -0.2) is 0 Å². The zero-order chi connectivity index (χ0) is 9.26. The fourth-order valence-electron chi connectivity index (χ4n) is 1.43. The minimum Gasteiger partial charge on any atom is -0.492 e. The fourth-order valence-corrected chi connectivity index (χ4v) is 2.59. The average Bonchev–Trinajstić information content (AvgIpc) is 2.59. The second-order valence-corrected chi connectivity index (χ2v) is 4.26. The van der Waals surface area contributed by atoms with E-state index in [-0.39, 0.29) is 5.78 Å². The molecular weight excluding hydrogens is 184 g/mol. The van der Waals surface area contributed by atoms with Crippen molar-refractivity contribution in [3.8, 4) is 5.75 Å². The van der Waals surface area contributed by atoms with Gasteiger partial charge in [-0.15, -0.1) is 11.3 Å². The van der Waals surface area contributed by atoms with E-state index in [1.807, 2.05) is 13.0 Å². The molecule has 0 amide bonds. The van der Waals surface area contributed by atoms with Crippen LogP contribution >= 0.6 is 11.3 Å². The van der Waals surface area contributed by atoms with Crippen LogP contribution in [0.1, 0.15) is 34.3 Å². The predicted octanol–water partition coefficient (Wildman–Crippen LogP) is 2.67. The summed E-state index contributed by atoms with van der Waals surface area (Å²) in [6.07, 6.45) is 2.73. The van der Waals surface area contributed by atoms with Crippen molar-refractivity contribution in [3.05, 3.63) is 15.8 Å². The fraction of sp³-hybridized carbons (Fsp3) is 0.500. The molecule has 0 aliphatic carbocycles. The van der Waals surface area contributed by atoms with Crippen LogP contribution in [0.25, 0.3) is 0 Å². The number of thiophene rings is 1. The molecule has 2 rings (SSSR count). The van der Waals surface area contributed by atoms with E-state index in [0.29, 0.717) is 6.42 Å². The van der Waals surface area contributed by atoms with E-state index in [9.17, 15) is 4.79 Å². The van der Waals surface area contributed by atoms with Crippen LogP contribution < -0.4 is 4.74 Å². The van der Waals surface area contributed by atoms with Crippen molar-refractivity contribution in [2.24, 2.45) is 0 Å². The molecule has 0 spiro atoms. The Morgan fingerprint density at radius 3 is 3.23 bits per heavy atom. The summed E-state index contributed by atoms with van der Waals surface area (Å²) in [7, 11) is 0. The zero-order valence-electron chi connectivity index (χ0n) is 7.63. The Balaban J connectivity index is 2.30. The molecule has 0 radical (unpaired) electrons. The minimum absolute atomic E-state index is 0.225. The van der Waals surface area contributed by atoms with Gasteiger partial charge < -0.3 is 4.74 Å². The SMILES string of the molecule is CCC(=O)c1cc2c(s1)CCCO2. The lowest BCUT2D eigenvalue weighted by molar-refractivity contribution is 0.0992. The third kappa shape index (κ3) is 1.61. The first-order valence-corrected chi connectivity index (χ1v) is 5.41. The monoisotopic (exact) mass is 196 g/mol. The van der Waals surface area contributed by atoms with E-state index in [0.717, 1.165) is 30.1 Å². The standard InChI is InChI=1S/C10H12O2S/c1-2-7(11)10-6-8-9(13-10)4-3-5-12-8/h6H,2-5H2,1H3. The Hall–Kier alpha value is -0.830. The lowest BCUT2D eigenvalue weighted by atomic mass is 10.2. The van der Waals surface area contributed by atoms with Crippen LogP contribution in [-0.4, -0.2) is 12.4 Å². The Morgan fingerprint density at radius 1 is 1.69 bits per heavy atom. The van der Waals surface area contributed by atoms with E-state index in [4.69, 9.17) is 4.74 Å². The molecule has 1 aliphatic heterocycles. The molecule has 2 heterocycles. The Labute approximate surface area is 81.5 Å². The molecule has 70 valence electrons. The summed E-state index contributed by atoms with van der Waals surface area (Å²) >= 11 is 1.59. The summed E-state index contributed by atoms with van der Waals surface area (Å²) in [5.74, 6) is 1.16. The molecular formula is C10H12O2S. The van der Waals surface area contributed by atoms with Crippen molar-refractivity contribution >= 4 is 17.1 Å². The van der Waals surface area contributed by atoms with Gasteiger partial charge in [0.25, 0.3) is 0 Å². The van der Waals surface area contributed by atoms with Crippen LogP contribution in [-0.2, 0) is 6.42 Å². The molecule has 13 heavy (non-hydrogen) atoms. The van der Waals surface area contributed by atoms with E-state index < -0.39 is 0 Å².